The Morgan fingerprint density at radius 1 is 1.38 bits per heavy atom. The quantitative estimate of drug-likeness (QED) is 0.592. The summed E-state index contributed by atoms with van der Waals surface area (Å²) in [6, 6.07) is 0.527. The van der Waals surface area contributed by atoms with E-state index in [1.807, 2.05) is 13.8 Å². The average molecular weight is 185 g/mol. The van der Waals surface area contributed by atoms with Crippen LogP contribution in [0.5, 0.6) is 0 Å². The van der Waals surface area contributed by atoms with E-state index in [0.29, 0.717) is 6.04 Å². The van der Waals surface area contributed by atoms with E-state index in [1.165, 1.54) is 0 Å². The van der Waals surface area contributed by atoms with Gasteiger partial charge in [0.1, 0.15) is 6.29 Å². The zero-order chi connectivity index (χ0) is 10.5. The van der Waals surface area contributed by atoms with Gasteiger partial charge in [-0.2, -0.15) is 0 Å². The summed E-state index contributed by atoms with van der Waals surface area (Å²) in [6.07, 6.45) is 2.20. The Morgan fingerprint density at radius 2 is 1.92 bits per heavy atom. The first-order valence-corrected chi connectivity index (χ1v) is 5.13. The zero-order valence-electron chi connectivity index (χ0n) is 9.63. The third kappa shape index (κ3) is 5.04. The first-order chi connectivity index (χ1) is 5.93. The van der Waals surface area contributed by atoms with E-state index < -0.39 is 0 Å². The minimum absolute atomic E-state index is 0.209. The zero-order valence-corrected chi connectivity index (χ0v) is 9.63. The molecule has 0 aliphatic carbocycles. The smallest absolute Gasteiger partial charge is 0.126 e. The molecule has 2 heteroatoms. The van der Waals surface area contributed by atoms with Gasteiger partial charge in [-0.05, 0) is 26.8 Å². The van der Waals surface area contributed by atoms with Crippen LogP contribution in [-0.4, -0.2) is 30.3 Å². The lowest BCUT2D eigenvalue weighted by Gasteiger charge is -2.31. The van der Waals surface area contributed by atoms with Crippen molar-refractivity contribution in [3.63, 3.8) is 0 Å². The van der Waals surface area contributed by atoms with Gasteiger partial charge in [0, 0.05) is 18.0 Å². The van der Waals surface area contributed by atoms with E-state index in [9.17, 15) is 4.79 Å². The lowest BCUT2D eigenvalue weighted by atomic mass is 9.94. The molecule has 0 aromatic heterocycles. The highest BCUT2D eigenvalue weighted by molar-refractivity contribution is 5.58. The normalized spacial score (nSPS) is 12.5. The Bertz CT molecular complexity index is 152. The van der Waals surface area contributed by atoms with Gasteiger partial charge in [-0.3, -0.25) is 4.90 Å². The maximum Gasteiger partial charge on any atom is 0.126 e. The fourth-order valence-electron chi connectivity index (χ4n) is 1.37. The lowest BCUT2D eigenvalue weighted by Crippen LogP contribution is -2.40. The molecular formula is C11H23NO. The monoisotopic (exact) mass is 185 g/mol. The van der Waals surface area contributed by atoms with Crippen molar-refractivity contribution in [2.75, 3.05) is 13.1 Å². The fraction of sp³-hybridized carbons (Fsp3) is 0.909. The Morgan fingerprint density at radius 3 is 2.23 bits per heavy atom. The Hall–Kier alpha value is -0.370. The van der Waals surface area contributed by atoms with Crippen molar-refractivity contribution in [1.29, 1.82) is 0 Å². The lowest BCUT2D eigenvalue weighted by molar-refractivity contribution is -0.115. The van der Waals surface area contributed by atoms with Crippen LogP contribution in [-0.2, 0) is 4.79 Å². The molecule has 0 fully saturated rings. The van der Waals surface area contributed by atoms with Crippen LogP contribution in [0.25, 0.3) is 0 Å². The summed E-state index contributed by atoms with van der Waals surface area (Å²) < 4.78 is 0. The SMILES string of the molecule is CCCN(CC(C)(C)C=O)C(C)C. The van der Waals surface area contributed by atoms with Crippen molar-refractivity contribution in [3.05, 3.63) is 0 Å². The molecule has 0 unspecified atom stereocenters. The van der Waals surface area contributed by atoms with Crippen molar-refractivity contribution in [3.8, 4) is 0 Å². The van der Waals surface area contributed by atoms with Gasteiger partial charge in [-0.25, -0.2) is 0 Å². The van der Waals surface area contributed by atoms with Crippen molar-refractivity contribution < 1.29 is 4.79 Å². The number of nitrogens with zero attached hydrogens (tertiary/aromatic N) is 1. The van der Waals surface area contributed by atoms with Crippen LogP contribution in [0.4, 0.5) is 0 Å². The van der Waals surface area contributed by atoms with Crippen molar-refractivity contribution >= 4 is 6.29 Å². The maximum atomic E-state index is 10.8. The van der Waals surface area contributed by atoms with Crippen molar-refractivity contribution in [2.45, 2.75) is 47.1 Å². The van der Waals surface area contributed by atoms with Crippen LogP contribution < -0.4 is 0 Å². The number of carbonyl (C=O) groups is 1. The van der Waals surface area contributed by atoms with Crippen LogP contribution in [0.15, 0.2) is 0 Å². The minimum Gasteiger partial charge on any atom is -0.303 e. The van der Waals surface area contributed by atoms with Gasteiger partial charge in [-0.15, -0.1) is 0 Å². The topological polar surface area (TPSA) is 20.3 Å². The van der Waals surface area contributed by atoms with E-state index in [4.69, 9.17) is 0 Å². The molecule has 0 aliphatic heterocycles. The van der Waals surface area contributed by atoms with E-state index in [0.717, 1.165) is 25.8 Å². The standard InChI is InChI=1S/C11H23NO/c1-6-7-12(10(2)3)8-11(4,5)9-13/h9-10H,6-8H2,1-5H3. The molecule has 13 heavy (non-hydrogen) atoms. The second-order valence-electron chi connectivity index (χ2n) is 4.67. The molecule has 78 valence electrons. The molecule has 0 aromatic rings. The molecule has 0 radical (unpaired) electrons. The number of hydrogen-bond donors (Lipinski definition) is 0. The molecule has 0 aromatic carbocycles. The molecule has 0 rings (SSSR count). The molecule has 0 spiro atoms. The van der Waals surface area contributed by atoms with E-state index in [2.05, 4.69) is 25.7 Å². The predicted molar refractivity (Wildman–Crippen MR) is 56.8 cm³/mol. The molecule has 0 aliphatic rings. The highest BCUT2D eigenvalue weighted by atomic mass is 16.1. The van der Waals surface area contributed by atoms with Gasteiger partial charge >= 0.3 is 0 Å². The second kappa shape index (κ2) is 5.38. The van der Waals surface area contributed by atoms with Crippen LogP contribution in [0.3, 0.4) is 0 Å². The Balaban J connectivity index is 4.16. The number of carbonyl (C=O) groups excluding carboxylic acids is 1. The van der Waals surface area contributed by atoms with Gasteiger partial charge in [-0.1, -0.05) is 20.8 Å². The molecule has 0 amide bonds. The van der Waals surface area contributed by atoms with Gasteiger partial charge in [0.25, 0.3) is 0 Å². The first-order valence-electron chi connectivity index (χ1n) is 5.13. The molecular weight excluding hydrogens is 162 g/mol. The van der Waals surface area contributed by atoms with Gasteiger partial charge < -0.3 is 4.79 Å². The maximum absolute atomic E-state index is 10.8. The van der Waals surface area contributed by atoms with Gasteiger partial charge in [0.2, 0.25) is 0 Å². The number of aldehydes is 1. The molecule has 0 saturated heterocycles. The summed E-state index contributed by atoms with van der Waals surface area (Å²) in [6.45, 7) is 12.4. The Labute approximate surface area is 82.3 Å². The van der Waals surface area contributed by atoms with Gasteiger partial charge in [0.05, 0.1) is 0 Å². The molecule has 0 saturated carbocycles. The Kier molecular flexibility index (Phi) is 5.23. The summed E-state index contributed by atoms with van der Waals surface area (Å²) in [4.78, 5) is 13.1. The minimum atomic E-state index is -0.209. The largest absolute Gasteiger partial charge is 0.303 e. The summed E-state index contributed by atoms with van der Waals surface area (Å²) in [5.74, 6) is 0. The fourth-order valence-corrected chi connectivity index (χ4v) is 1.37. The predicted octanol–water partition coefficient (Wildman–Crippen LogP) is 2.33. The molecule has 0 atom stereocenters. The van der Waals surface area contributed by atoms with Crippen LogP contribution in [0.2, 0.25) is 0 Å². The summed E-state index contributed by atoms with van der Waals surface area (Å²) in [5, 5.41) is 0. The molecule has 0 heterocycles. The third-order valence-corrected chi connectivity index (χ3v) is 2.17. The third-order valence-electron chi connectivity index (χ3n) is 2.17. The summed E-state index contributed by atoms with van der Waals surface area (Å²) in [7, 11) is 0. The summed E-state index contributed by atoms with van der Waals surface area (Å²) in [5.41, 5.74) is -0.209. The van der Waals surface area contributed by atoms with Crippen molar-refractivity contribution in [1.82, 2.24) is 4.90 Å². The molecule has 0 bridgehead atoms. The summed E-state index contributed by atoms with van der Waals surface area (Å²) >= 11 is 0. The second-order valence-corrected chi connectivity index (χ2v) is 4.67. The van der Waals surface area contributed by atoms with Gasteiger partial charge in [0.15, 0.2) is 0 Å². The van der Waals surface area contributed by atoms with E-state index in [1.54, 1.807) is 0 Å². The molecule has 2 nitrogen and oxygen atoms in total. The van der Waals surface area contributed by atoms with E-state index in [-0.39, 0.29) is 5.41 Å². The first kappa shape index (κ1) is 12.6. The average Bonchev–Trinajstić information content (AvgIpc) is 2.03. The molecule has 0 N–H and O–H groups in total. The highest BCUT2D eigenvalue weighted by Gasteiger charge is 2.21. The number of rotatable bonds is 6. The number of hydrogen-bond acceptors (Lipinski definition) is 2. The van der Waals surface area contributed by atoms with Crippen LogP contribution in [0.1, 0.15) is 41.0 Å². The highest BCUT2D eigenvalue weighted by Crippen LogP contribution is 2.15. The van der Waals surface area contributed by atoms with E-state index >= 15 is 0 Å². The van der Waals surface area contributed by atoms with Crippen LogP contribution >= 0.6 is 0 Å². The van der Waals surface area contributed by atoms with Crippen molar-refractivity contribution in [2.24, 2.45) is 5.41 Å². The van der Waals surface area contributed by atoms with Crippen LogP contribution in [0, 0.1) is 5.41 Å².